The summed E-state index contributed by atoms with van der Waals surface area (Å²) in [6.45, 7) is 2.59. The van der Waals surface area contributed by atoms with E-state index in [-0.39, 0.29) is 31.6 Å². The Bertz CT molecular complexity index is 1350. The molecule has 1 N–H and O–H groups in total. The van der Waals surface area contributed by atoms with Crippen molar-refractivity contribution in [2.24, 2.45) is 4.99 Å². The molecule has 0 bridgehead atoms. The Balaban J connectivity index is 1.47. The minimum Gasteiger partial charge on any atom is -0.493 e. The maximum atomic E-state index is 13.4. The Morgan fingerprint density at radius 2 is 1.88 bits per heavy atom. The number of nitrogens with one attached hydrogen (secondary N) is 1. The molecule has 2 aromatic rings. The van der Waals surface area contributed by atoms with Gasteiger partial charge in [0.25, 0.3) is 0 Å². The van der Waals surface area contributed by atoms with Crippen molar-refractivity contribution in [2.45, 2.75) is 44.9 Å². The molecule has 5 rings (SSSR count). The Kier molecular flexibility index (Phi) is 8.76. The predicted molar refractivity (Wildman–Crippen MR) is 153 cm³/mol. The maximum Gasteiger partial charge on any atom is 0.338 e. The molecular formula is C30H33N3O6S. The Morgan fingerprint density at radius 3 is 2.60 bits per heavy atom. The molecule has 210 valence electrons. The minimum absolute atomic E-state index is 0.0490. The second-order valence-corrected chi connectivity index (χ2v) is 10.6. The van der Waals surface area contributed by atoms with Crippen molar-refractivity contribution in [3.05, 3.63) is 82.0 Å². The molecule has 2 aromatic carbocycles. The molecule has 40 heavy (non-hydrogen) atoms. The number of hydrogen-bond donors (Lipinski definition) is 1. The molecule has 1 atom stereocenters. The topological polar surface area (TPSA) is 98.7 Å². The lowest BCUT2D eigenvalue weighted by Crippen LogP contribution is -2.38. The third-order valence-electron chi connectivity index (χ3n) is 6.77. The number of ether oxygens (including phenoxy) is 4. The van der Waals surface area contributed by atoms with Gasteiger partial charge in [-0.05, 0) is 48.4 Å². The van der Waals surface area contributed by atoms with E-state index in [1.807, 2.05) is 58.8 Å². The minimum atomic E-state index is -0.574. The number of fused-ring (bicyclic) bond motifs is 1. The summed E-state index contributed by atoms with van der Waals surface area (Å²) in [4.78, 5) is 32.9. The van der Waals surface area contributed by atoms with Crippen LogP contribution in [0.2, 0.25) is 0 Å². The Morgan fingerprint density at radius 1 is 1.07 bits per heavy atom. The Labute approximate surface area is 238 Å². The number of amides is 1. The lowest BCUT2D eigenvalue weighted by Gasteiger charge is -2.36. The summed E-state index contributed by atoms with van der Waals surface area (Å²) in [7, 11) is 3.14. The van der Waals surface area contributed by atoms with Gasteiger partial charge in [-0.25, -0.2) is 9.79 Å². The van der Waals surface area contributed by atoms with E-state index >= 15 is 0 Å². The van der Waals surface area contributed by atoms with Crippen molar-refractivity contribution >= 4 is 28.8 Å². The van der Waals surface area contributed by atoms with E-state index in [1.54, 1.807) is 21.1 Å². The highest BCUT2D eigenvalue weighted by atomic mass is 32.2. The molecule has 2 aliphatic heterocycles. The van der Waals surface area contributed by atoms with Gasteiger partial charge in [0, 0.05) is 18.8 Å². The van der Waals surface area contributed by atoms with Gasteiger partial charge < -0.3 is 29.2 Å². The van der Waals surface area contributed by atoms with Gasteiger partial charge in [-0.15, -0.1) is 0 Å². The number of carbonyl (C=O) groups is 2. The molecular weight excluding hydrogens is 530 g/mol. The molecule has 0 aromatic heterocycles. The van der Waals surface area contributed by atoms with Gasteiger partial charge in [0.15, 0.2) is 16.7 Å². The fourth-order valence-electron chi connectivity index (χ4n) is 4.62. The smallest absolute Gasteiger partial charge is 0.338 e. The van der Waals surface area contributed by atoms with Crippen molar-refractivity contribution in [1.29, 1.82) is 0 Å². The number of carbonyl (C=O) groups excluding carboxylic acids is 2. The van der Waals surface area contributed by atoms with Crippen LogP contribution in [0.1, 0.15) is 43.4 Å². The van der Waals surface area contributed by atoms with E-state index < -0.39 is 12.0 Å². The lowest BCUT2D eigenvalue weighted by atomic mass is 9.93. The van der Waals surface area contributed by atoms with E-state index in [0.29, 0.717) is 34.5 Å². The highest BCUT2D eigenvalue weighted by Gasteiger charge is 2.41. The molecule has 0 spiro atoms. The monoisotopic (exact) mass is 563 g/mol. The zero-order valence-corrected chi connectivity index (χ0v) is 23.7. The number of amidine groups is 1. The van der Waals surface area contributed by atoms with Crippen LogP contribution in [0, 0.1) is 0 Å². The SMILES string of the molecule is COCCOC(=O)C1=C(C)N=C2SC=C(CC(=O)NC3CC3)N2C1c1ccc(OCc2ccccc2)c(OC)c1. The highest BCUT2D eigenvalue weighted by Crippen LogP contribution is 2.46. The van der Waals surface area contributed by atoms with Crippen molar-refractivity contribution in [3.8, 4) is 11.5 Å². The second kappa shape index (κ2) is 12.6. The number of aliphatic imine (C=N–C) groups is 1. The summed E-state index contributed by atoms with van der Waals surface area (Å²) in [5.74, 6) is 0.586. The molecule has 1 aliphatic carbocycles. The molecule has 2 heterocycles. The quantitative estimate of drug-likeness (QED) is 0.293. The van der Waals surface area contributed by atoms with Crippen LogP contribution in [0.4, 0.5) is 0 Å². The van der Waals surface area contributed by atoms with Crippen LogP contribution in [0.3, 0.4) is 0 Å². The van der Waals surface area contributed by atoms with E-state index in [9.17, 15) is 9.59 Å². The number of hydrogen-bond acceptors (Lipinski definition) is 9. The summed E-state index contributed by atoms with van der Waals surface area (Å²) in [5, 5.41) is 5.68. The van der Waals surface area contributed by atoms with Gasteiger partial charge in [-0.2, -0.15) is 0 Å². The molecule has 3 aliphatic rings. The number of benzene rings is 2. The molecule has 9 nitrogen and oxygen atoms in total. The van der Waals surface area contributed by atoms with Gasteiger partial charge in [0.1, 0.15) is 13.2 Å². The number of esters is 1. The standard InChI is InChI=1S/C30H33N3O6S/c1-19-27(29(35)38-14-13-36-2)28(33-23(18-40-30(33)31-19)16-26(34)32-22-10-11-22)21-9-12-24(25(15-21)37-3)39-17-20-7-5-4-6-8-20/h4-9,12,15,18,22,28H,10-11,13-14,16-17H2,1-3H3,(H,32,34). The summed E-state index contributed by atoms with van der Waals surface area (Å²) < 4.78 is 22.4. The van der Waals surface area contributed by atoms with Crippen LogP contribution in [0.5, 0.6) is 11.5 Å². The number of allylic oxidation sites excluding steroid dienone is 1. The van der Waals surface area contributed by atoms with Crippen molar-refractivity contribution < 1.29 is 28.5 Å². The van der Waals surface area contributed by atoms with Gasteiger partial charge >= 0.3 is 5.97 Å². The molecule has 1 amide bonds. The zero-order chi connectivity index (χ0) is 28.1. The highest BCUT2D eigenvalue weighted by molar-refractivity contribution is 8.16. The number of nitrogens with zero attached hydrogens (tertiary/aromatic N) is 2. The maximum absolute atomic E-state index is 13.4. The van der Waals surface area contributed by atoms with Gasteiger partial charge in [-0.3, -0.25) is 4.79 Å². The molecule has 0 saturated heterocycles. The van der Waals surface area contributed by atoms with Gasteiger partial charge in [0.05, 0.1) is 37.4 Å². The fraction of sp³-hybridized carbons (Fsp3) is 0.367. The lowest BCUT2D eigenvalue weighted by molar-refractivity contribution is -0.141. The summed E-state index contributed by atoms with van der Waals surface area (Å²) in [6, 6.07) is 15.2. The van der Waals surface area contributed by atoms with Gasteiger partial charge in [0.2, 0.25) is 5.91 Å². The largest absolute Gasteiger partial charge is 0.493 e. The third kappa shape index (κ3) is 6.34. The van der Waals surface area contributed by atoms with Crippen molar-refractivity contribution in [3.63, 3.8) is 0 Å². The Hall–Kier alpha value is -3.76. The first-order chi connectivity index (χ1) is 19.5. The van der Waals surface area contributed by atoms with Crippen LogP contribution < -0.4 is 14.8 Å². The normalized spacial score (nSPS) is 18.1. The fourth-order valence-corrected chi connectivity index (χ4v) is 5.59. The van der Waals surface area contributed by atoms with E-state index in [1.165, 1.54) is 11.8 Å². The first-order valence-corrected chi connectivity index (χ1v) is 14.1. The molecule has 1 saturated carbocycles. The van der Waals surface area contributed by atoms with E-state index in [0.717, 1.165) is 29.7 Å². The summed E-state index contributed by atoms with van der Waals surface area (Å²) in [6.07, 6.45) is 2.20. The average Bonchev–Trinajstić information content (AvgIpc) is 3.69. The summed E-state index contributed by atoms with van der Waals surface area (Å²) in [5.41, 5.74) is 3.55. The second-order valence-electron chi connectivity index (χ2n) is 9.72. The molecule has 1 fully saturated rings. The summed E-state index contributed by atoms with van der Waals surface area (Å²) >= 11 is 1.44. The average molecular weight is 564 g/mol. The van der Waals surface area contributed by atoms with E-state index in [4.69, 9.17) is 23.9 Å². The molecule has 1 unspecified atom stereocenters. The molecule has 10 heteroatoms. The van der Waals surface area contributed by atoms with Crippen LogP contribution in [0.15, 0.2) is 75.9 Å². The van der Waals surface area contributed by atoms with Crippen molar-refractivity contribution in [2.75, 3.05) is 27.4 Å². The third-order valence-corrected chi connectivity index (χ3v) is 7.65. The molecule has 0 radical (unpaired) electrons. The first kappa shape index (κ1) is 27.8. The van der Waals surface area contributed by atoms with E-state index in [2.05, 4.69) is 5.32 Å². The van der Waals surface area contributed by atoms with Crippen molar-refractivity contribution in [1.82, 2.24) is 10.2 Å². The number of methoxy groups -OCH3 is 2. The predicted octanol–water partition coefficient (Wildman–Crippen LogP) is 4.71. The van der Waals surface area contributed by atoms with Crippen LogP contribution >= 0.6 is 11.8 Å². The number of thioether (sulfide) groups is 1. The number of rotatable bonds is 12. The zero-order valence-electron chi connectivity index (χ0n) is 22.8. The van der Waals surface area contributed by atoms with Crippen LogP contribution in [-0.2, 0) is 25.7 Å². The van der Waals surface area contributed by atoms with Gasteiger partial charge in [-0.1, -0.05) is 48.2 Å². The first-order valence-electron chi connectivity index (χ1n) is 13.2. The van der Waals surface area contributed by atoms with Crippen LogP contribution in [0.25, 0.3) is 0 Å². The van der Waals surface area contributed by atoms with Crippen LogP contribution in [-0.4, -0.2) is 55.4 Å².